The van der Waals surface area contributed by atoms with Crippen molar-refractivity contribution in [3.8, 4) is 17.0 Å². The minimum absolute atomic E-state index is 0.0831. The summed E-state index contributed by atoms with van der Waals surface area (Å²) in [4.78, 5) is 9.34. The van der Waals surface area contributed by atoms with Crippen LogP contribution in [-0.4, -0.2) is 35.3 Å². The molecule has 26 heavy (non-hydrogen) atoms. The van der Waals surface area contributed by atoms with Crippen LogP contribution in [0.5, 0.6) is 5.75 Å². The van der Waals surface area contributed by atoms with E-state index in [1.807, 2.05) is 18.2 Å². The predicted molar refractivity (Wildman–Crippen MR) is 102 cm³/mol. The van der Waals surface area contributed by atoms with Gasteiger partial charge in [-0.3, -0.25) is 0 Å². The molecule has 1 aromatic carbocycles. The van der Waals surface area contributed by atoms with Crippen molar-refractivity contribution in [1.82, 2.24) is 9.97 Å². The third kappa shape index (κ3) is 4.15. The molecular weight excluding hydrogens is 326 g/mol. The van der Waals surface area contributed by atoms with Crippen LogP contribution in [0.2, 0.25) is 0 Å². The molecule has 5 heteroatoms. The molecule has 1 N–H and O–H groups in total. The van der Waals surface area contributed by atoms with E-state index in [2.05, 4.69) is 29.4 Å². The summed E-state index contributed by atoms with van der Waals surface area (Å²) in [6.45, 7) is 3.72. The van der Waals surface area contributed by atoms with Crippen molar-refractivity contribution >= 4 is 5.95 Å². The van der Waals surface area contributed by atoms with Crippen LogP contribution in [-0.2, 0) is 4.74 Å². The van der Waals surface area contributed by atoms with Gasteiger partial charge in [0.25, 0.3) is 0 Å². The van der Waals surface area contributed by atoms with Crippen molar-refractivity contribution in [1.29, 1.82) is 0 Å². The van der Waals surface area contributed by atoms with E-state index >= 15 is 0 Å². The first-order valence-electron chi connectivity index (χ1n) is 9.71. The molecule has 0 spiro atoms. The fraction of sp³-hybridized carbons (Fsp3) is 0.524. The highest BCUT2D eigenvalue weighted by Crippen LogP contribution is 2.31. The molecule has 2 heterocycles. The average Bonchev–Trinajstić information content (AvgIpc) is 3.19. The first-order chi connectivity index (χ1) is 12.8. The highest BCUT2D eigenvalue weighted by Gasteiger charge is 2.22. The van der Waals surface area contributed by atoms with Gasteiger partial charge < -0.3 is 14.8 Å². The van der Waals surface area contributed by atoms with Gasteiger partial charge in [-0.1, -0.05) is 37.3 Å². The van der Waals surface area contributed by atoms with E-state index in [1.165, 1.54) is 25.7 Å². The molecule has 2 aromatic rings. The lowest BCUT2D eigenvalue weighted by Gasteiger charge is -2.27. The summed E-state index contributed by atoms with van der Waals surface area (Å²) < 4.78 is 11.6. The number of benzene rings is 1. The minimum Gasteiger partial charge on any atom is -0.484 e. The molecule has 0 bridgehead atoms. The number of ether oxygens (including phenoxy) is 2. The van der Waals surface area contributed by atoms with Crippen molar-refractivity contribution in [2.75, 3.05) is 18.5 Å². The molecule has 2 fully saturated rings. The van der Waals surface area contributed by atoms with Crippen LogP contribution in [0, 0.1) is 5.92 Å². The third-order valence-corrected chi connectivity index (χ3v) is 5.33. The maximum Gasteiger partial charge on any atom is 0.223 e. The Bertz CT molecular complexity index is 708. The summed E-state index contributed by atoms with van der Waals surface area (Å²) in [6, 6.07) is 10.6. The van der Waals surface area contributed by atoms with Crippen molar-refractivity contribution in [2.45, 2.75) is 51.2 Å². The highest BCUT2D eigenvalue weighted by molar-refractivity contribution is 5.66. The van der Waals surface area contributed by atoms with Crippen LogP contribution >= 0.6 is 0 Å². The molecule has 5 nitrogen and oxygen atoms in total. The van der Waals surface area contributed by atoms with E-state index in [0.29, 0.717) is 18.6 Å². The number of anilines is 1. The first-order valence-corrected chi connectivity index (χ1v) is 9.71. The molecule has 1 aromatic heterocycles. The lowest BCUT2D eigenvalue weighted by Crippen LogP contribution is -2.26. The molecule has 1 atom stereocenters. The van der Waals surface area contributed by atoms with Gasteiger partial charge in [-0.25, -0.2) is 9.97 Å². The lowest BCUT2D eigenvalue weighted by molar-refractivity contribution is 0.141. The SMILES string of the molecule is CC1CCC(Nc2ncc(OC3CCOC3)c(-c3ccccc3)n2)CC1. The summed E-state index contributed by atoms with van der Waals surface area (Å²) in [5.74, 6) is 2.26. The predicted octanol–water partition coefficient (Wildman–Crippen LogP) is 4.30. The monoisotopic (exact) mass is 353 g/mol. The fourth-order valence-corrected chi connectivity index (χ4v) is 3.70. The molecule has 1 aliphatic carbocycles. The number of rotatable bonds is 5. The fourth-order valence-electron chi connectivity index (χ4n) is 3.70. The second-order valence-corrected chi connectivity index (χ2v) is 7.48. The number of nitrogens with zero attached hydrogens (tertiary/aromatic N) is 2. The molecule has 138 valence electrons. The van der Waals surface area contributed by atoms with Crippen LogP contribution in [0.4, 0.5) is 5.95 Å². The van der Waals surface area contributed by atoms with E-state index in [-0.39, 0.29) is 6.10 Å². The topological polar surface area (TPSA) is 56.3 Å². The molecule has 1 unspecified atom stereocenters. The normalized spacial score (nSPS) is 25.8. The summed E-state index contributed by atoms with van der Waals surface area (Å²) in [5.41, 5.74) is 1.89. The Kier molecular flexibility index (Phi) is 5.34. The molecule has 1 aliphatic heterocycles. The number of hydrogen-bond donors (Lipinski definition) is 1. The maximum atomic E-state index is 6.14. The largest absolute Gasteiger partial charge is 0.484 e. The van der Waals surface area contributed by atoms with Crippen LogP contribution in [0.25, 0.3) is 11.3 Å². The van der Waals surface area contributed by atoms with Crippen molar-refractivity contribution < 1.29 is 9.47 Å². The lowest BCUT2D eigenvalue weighted by atomic mass is 9.87. The van der Waals surface area contributed by atoms with Crippen molar-refractivity contribution in [2.24, 2.45) is 5.92 Å². The third-order valence-electron chi connectivity index (χ3n) is 5.33. The zero-order valence-electron chi connectivity index (χ0n) is 15.4. The van der Waals surface area contributed by atoms with Gasteiger partial charge >= 0.3 is 0 Å². The van der Waals surface area contributed by atoms with Crippen molar-refractivity contribution in [3.05, 3.63) is 36.5 Å². The minimum atomic E-state index is 0.0831. The summed E-state index contributed by atoms with van der Waals surface area (Å²) >= 11 is 0. The summed E-state index contributed by atoms with van der Waals surface area (Å²) in [6.07, 6.45) is 7.71. The summed E-state index contributed by atoms with van der Waals surface area (Å²) in [5, 5.41) is 3.53. The second-order valence-electron chi connectivity index (χ2n) is 7.48. The van der Waals surface area contributed by atoms with Crippen LogP contribution in [0.15, 0.2) is 36.5 Å². The Labute approximate surface area is 155 Å². The van der Waals surface area contributed by atoms with Gasteiger partial charge in [0.05, 0.1) is 19.4 Å². The number of hydrogen-bond acceptors (Lipinski definition) is 5. The molecule has 2 aliphatic rings. The van der Waals surface area contributed by atoms with E-state index in [1.54, 1.807) is 6.20 Å². The summed E-state index contributed by atoms with van der Waals surface area (Å²) in [7, 11) is 0. The molecule has 0 amide bonds. The molecular formula is C21H27N3O2. The van der Waals surface area contributed by atoms with E-state index in [0.717, 1.165) is 36.0 Å². The van der Waals surface area contributed by atoms with Gasteiger partial charge in [-0.05, 0) is 31.6 Å². The standard InChI is InChI=1S/C21H27N3O2/c1-15-7-9-17(10-8-15)23-21-22-13-19(26-18-11-12-25-14-18)20(24-21)16-5-3-2-4-6-16/h2-6,13,15,17-18H,7-12,14H2,1H3,(H,22,23,24). The zero-order valence-corrected chi connectivity index (χ0v) is 15.4. The Morgan fingerprint density at radius 1 is 1.08 bits per heavy atom. The molecule has 4 rings (SSSR count). The molecule has 0 radical (unpaired) electrons. The maximum absolute atomic E-state index is 6.14. The second kappa shape index (κ2) is 8.04. The van der Waals surface area contributed by atoms with Gasteiger partial charge in [-0.2, -0.15) is 0 Å². The van der Waals surface area contributed by atoms with E-state index < -0.39 is 0 Å². The number of aromatic nitrogens is 2. The van der Waals surface area contributed by atoms with Crippen molar-refractivity contribution in [3.63, 3.8) is 0 Å². The Balaban J connectivity index is 1.56. The number of nitrogens with one attached hydrogen (secondary N) is 1. The van der Waals surface area contributed by atoms with E-state index in [4.69, 9.17) is 14.5 Å². The smallest absolute Gasteiger partial charge is 0.223 e. The Morgan fingerprint density at radius 3 is 2.62 bits per heavy atom. The molecule has 1 saturated carbocycles. The van der Waals surface area contributed by atoms with Gasteiger partial charge in [0.15, 0.2) is 5.75 Å². The quantitative estimate of drug-likeness (QED) is 0.868. The average molecular weight is 353 g/mol. The Hall–Kier alpha value is -2.14. The highest BCUT2D eigenvalue weighted by atomic mass is 16.5. The zero-order chi connectivity index (χ0) is 17.8. The Morgan fingerprint density at radius 2 is 1.88 bits per heavy atom. The molecule has 1 saturated heterocycles. The van der Waals surface area contributed by atoms with Crippen LogP contribution in [0.3, 0.4) is 0 Å². The van der Waals surface area contributed by atoms with Gasteiger partial charge in [0, 0.05) is 18.0 Å². The van der Waals surface area contributed by atoms with Crippen LogP contribution < -0.4 is 10.1 Å². The van der Waals surface area contributed by atoms with Gasteiger partial charge in [0.2, 0.25) is 5.95 Å². The van der Waals surface area contributed by atoms with Gasteiger partial charge in [-0.15, -0.1) is 0 Å². The van der Waals surface area contributed by atoms with E-state index in [9.17, 15) is 0 Å². The van der Waals surface area contributed by atoms with Gasteiger partial charge in [0.1, 0.15) is 11.8 Å². The van der Waals surface area contributed by atoms with Crippen LogP contribution in [0.1, 0.15) is 39.0 Å². The first kappa shape index (κ1) is 17.3.